The summed E-state index contributed by atoms with van der Waals surface area (Å²) in [6, 6.07) is 0. The molecule has 0 bridgehead atoms. The number of amides is 1. The molecule has 8 nitrogen and oxygen atoms in total. The minimum Gasteiger partial charge on any atom is -0.478 e. The van der Waals surface area contributed by atoms with E-state index in [-0.39, 0.29) is 6.54 Å². The van der Waals surface area contributed by atoms with Crippen LogP contribution < -0.4 is 10.1 Å². The van der Waals surface area contributed by atoms with E-state index in [1.165, 1.54) is 7.11 Å². The fourth-order valence-corrected chi connectivity index (χ4v) is 1.58. The number of nitrogens with one attached hydrogen (secondary N) is 1. The van der Waals surface area contributed by atoms with E-state index < -0.39 is 11.7 Å². The highest BCUT2D eigenvalue weighted by Crippen LogP contribution is 2.14. The molecule has 0 aliphatic heterocycles. The van der Waals surface area contributed by atoms with Crippen LogP contribution in [0.5, 0.6) is 5.88 Å². The van der Waals surface area contributed by atoms with Crippen molar-refractivity contribution in [2.75, 3.05) is 7.11 Å². The lowest BCUT2D eigenvalue weighted by Crippen LogP contribution is -2.32. The Labute approximate surface area is 116 Å². The van der Waals surface area contributed by atoms with Crippen LogP contribution in [0.2, 0.25) is 0 Å². The van der Waals surface area contributed by atoms with E-state index in [0.29, 0.717) is 17.4 Å². The van der Waals surface area contributed by atoms with Gasteiger partial charge in [0.2, 0.25) is 5.65 Å². The molecule has 2 aromatic heterocycles. The van der Waals surface area contributed by atoms with Gasteiger partial charge in [0.15, 0.2) is 5.82 Å². The van der Waals surface area contributed by atoms with Gasteiger partial charge in [-0.2, -0.15) is 0 Å². The van der Waals surface area contributed by atoms with Crippen LogP contribution in [0.15, 0.2) is 12.4 Å². The standard InChI is InChI=1S/C12H17N5O3/c1-12(2,3)20-11(18)14-7-8-15-16-9-10(19-4)13-5-6-17(8)9/h5-6H,7H2,1-4H3,(H,14,18). The van der Waals surface area contributed by atoms with Crippen LogP contribution >= 0.6 is 0 Å². The molecule has 0 aromatic carbocycles. The maximum atomic E-state index is 11.6. The molecule has 0 saturated carbocycles. The molecule has 2 rings (SSSR count). The SMILES string of the molecule is COc1nccn2c(CNC(=O)OC(C)(C)C)nnc12. The lowest BCUT2D eigenvalue weighted by Gasteiger charge is -2.19. The fourth-order valence-electron chi connectivity index (χ4n) is 1.58. The summed E-state index contributed by atoms with van der Waals surface area (Å²) in [6.07, 6.45) is 2.77. The molecule has 8 heteroatoms. The highest BCUT2D eigenvalue weighted by Gasteiger charge is 2.17. The summed E-state index contributed by atoms with van der Waals surface area (Å²) >= 11 is 0. The van der Waals surface area contributed by atoms with Crippen molar-refractivity contribution >= 4 is 11.7 Å². The highest BCUT2D eigenvalue weighted by molar-refractivity contribution is 5.67. The first kappa shape index (κ1) is 14.0. The van der Waals surface area contributed by atoms with Crippen LogP contribution in [0.25, 0.3) is 5.65 Å². The van der Waals surface area contributed by atoms with Crippen molar-refractivity contribution in [1.82, 2.24) is 24.9 Å². The number of hydrogen-bond donors (Lipinski definition) is 1. The molecule has 0 unspecified atom stereocenters. The molecule has 2 heterocycles. The van der Waals surface area contributed by atoms with Crippen LogP contribution in [-0.4, -0.2) is 38.4 Å². The van der Waals surface area contributed by atoms with Gasteiger partial charge in [-0.1, -0.05) is 0 Å². The average Bonchev–Trinajstić information content (AvgIpc) is 2.77. The first-order valence-corrected chi connectivity index (χ1v) is 6.10. The summed E-state index contributed by atoms with van der Waals surface area (Å²) in [5, 5.41) is 10.6. The quantitative estimate of drug-likeness (QED) is 0.906. The zero-order valence-corrected chi connectivity index (χ0v) is 11.9. The highest BCUT2D eigenvalue weighted by atomic mass is 16.6. The first-order chi connectivity index (χ1) is 9.40. The van der Waals surface area contributed by atoms with Gasteiger partial charge in [0.25, 0.3) is 5.88 Å². The number of alkyl carbamates (subject to hydrolysis) is 1. The Bertz CT molecular complexity index is 617. The molecule has 0 saturated heterocycles. The molecule has 2 aromatic rings. The lowest BCUT2D eigenvalue weighted by atomic mass is 10.2. The van der Waals surface area contributed by atoms with Crippen molar-refractivity contribution in [3.05, 3.63) is 18.2 Å². The van der Waals surface area contributed by atoms with Crippen molar-refractivity contribution in [2.24, 2.45) is 0 Å². The number of aromatic nitrogens is 4. The topological polar surface area (TPSA) is 90.6 Å². The van der Waals surface area contributed by atoms with Crippen LogP contribution in [0, 0.1) is 0 Å². The van der Waals surface area contributed by atoms with Gasteiger partial charge in [0.1, 0.15) is 5.60 Å². The van der Waals surface area contributed by atoms with E-state index in [9.17, 15) is 4.79 Å². The molecule has 20 heavy (non-hydrogen) atoms. The summed E-state index contributed by atoms with van der Waals surface area (Å²) in [5.41, 5.74) is -0.0413. The fraction of sp³-hybridized carbons (Fsp3) is 0.500. The Morgan fingerprint density at radius 3 is 2.80 bits per heavy atom. The van der Waals surface area contributed by atoms with Crippen molar-refractivity contribution < 1.29 is 14.3 Å². The van der Waals surface area contributed by atoms with Crippen molar-refractivity contribution in [2.45, 2.75) is 32.9 Å². The third kappa shape index (κ3) is 3.14. The van der Waals surface area contributed by atoms with Gasteiger partial charge in [-0.15, -0.1) is 10.2 Å². The van der Waals surface area contributed by atoms with E-state index in [1.807, 2.05) is 0 Å². The van der Waals surface area contributed by atoms with Crippen molar-refractivity contribution in [3.8, 4) is 5.88 Å². The van der Waals surface area contributed by atoms with Crippen LogP contribution in [-0.2, 0) is 11.3 Å². The Kier molecular flexibility index (Phi) is 3.73. The zero-order chi connectivity index (χ0) is 14.8. The average molecular weight is 279 g/mol. The third-order valence-electron chi connectivity index (χ3n) is 2.35. The van der Waals surface area contributed by atoms with E-state index in [4.69, 9.17) is 9.47 Å². The van der Waals surface area contributed by atoms with Crippen LogP contribution in [0.1, 0.15) is 26.6 Å². The van der Waals surface area contributed by atoms with E-state index in [2.05, 4.69) is 20.5 Å². The zero-order valence-electron chi connectivity index (χ0n) is 11.9. The van der Waals surface area contributed by atoms with Crippen molar-refractivity contribution in [3.63, 3.8) is 0 Å². The van der Waals surface area contributed by atoms with E-state index in [1.54, 1.807) is 37.6 Å². The van der Waals surface area contributed by atoms with Gasteiger partial charge in [-0.05, 0) is 20.8 Å². The van der Waals surface area contributed by atoms with Crippen molar-refractivity contribution in [1.29, 1.82) is 0 Å². The van der Waals surface area contributed by atoms with Gasteiger partial charge in [0, 0.05) is 12.4 Å². The second-order valence-electron chi connectivity index (χ2n) is 5.10. The second kappa shape index (κ2) is 5.32. The first-order valence-electron chi connectivity index (χ1n) is 6.10. The number of nitrogens with zero attached hydrogens (tertiary/aromatic N) is 4. The number of fused-ring (bicyclic) bond motifs is 1. The normalized spacial score (nSPS) is 11.4. The summed E-state index contributed by atoms with van der Waals surface area (Å²) in [5.74, 6) is 0.940. The lowest BCUT2D eigenvalue weighted by molar-refractivity contribution is 0.0522. The number of carbonyl (C=O) groups excluding carboxylic acids is 1. The molecule has 0 aliphatic rings. The number of ether oxygens (including phenoxy) is 2. The van der Waals surface area contributed by atoms with Gasteiger partial charge in [-0.3, -0.25) is 4.40 Å². The predicted octanol–water partition coefficient (Wildman–Crippen LogP) is 1.16. The Morgan fingerprint density at radius 1 is 1.40 bits per heavy atom. The van der Waals surface area contributed by atoms with Gasteiger partial charge >= 0.3 is 6.09 Å². The maximum absolute atomic E-state index is 11.6. The minimum absolute atomic E-state index is 0.198. The molecular formula is C12H17N5O3. The second-order valence-corrected chi connectivity index (χ2v) is 5.10. The number of carbonyl (C=O) groups is 1. The van der Waals surface area contributed by atoms with E-state index in [0.717, 1.165) is 0 Å². The molecule has 108 valence electrons. The number of rotatable bonds is 3. The van der Waals surface area contributed by atoms with Crippen LogP contribution in [0.3, 0.4) is 0 Å². The van der Waals surface area contributed by atoms with Gasteiger partial charge in [0.05, 0.1) is 13.7 Å². The predicted molar refractivity (Wildman–Crippen MR) is 70.4 cm³/mol. The maximum Gasteiger partial charge on any atom is 0.408 e. The summed E-state index contributed by atoms with van der Waals surface area (Å²) < 4.78 is 11.9. The monoisotopic (exact) mass is 279 g/mol. The summed E-state index contributed by atoms with van der Waals surface area (Å²) in [6.45, 7) is 5.60. The van der Waals surface area contributed by atoms with Gasteiger partial charge < -0.3 is 14.8 Å². The van der Waals surface area contributed by atoms with Gasteiger partial charge in [-0.25, -0.2) is 9.78 Å². The molecule has 0 atom stereocenters. The molecule has 0 spiro atoms. The molecule has 0 radical (unpaired) electrons. The molecule has 1 amide bonds. The summed E-state index contributed by atoms with van der Waals surface area (Å²) in [4.78, 5) is 15.6. The Morgan fingerprint density at radius 2 is 2.15 bits per heavy atom. The smallest absolute Gasteiger partial charge is 0.408 e. The molecular weight excluding hydrogens is 262 g/mol. The minimum atomic E-state index is -0.538. The van der Waals surface area contributed by atoms with Crippen LogP contribution in [0.4, 0.5) is 4.79 Å². The third-order valence-corrected chi connectivity index (χ3v) is 2.35. The molecule has 1 N–H and O–H groups in total. The Balaban J connectivity index is 2.09. The number of hydrogen-bond acceptors (Lipinski definition) is 6. The Hall–Kier alpha value is -2.38. The molecule has 0 aliphatic carbocycles. The van der Waals surface area contributed by atoms with E-state index >= 15 is 0 Å². The molecule has 0 fully saturated rings. The largest absolute Gasteiger partial charge is 0.478 e. The summed E-state index contributed by atoms with van der Waals surface area (Å²) in [7, 11) is 1.51. The number of methoxy groups -OCH3 is 1.